The molecule has 1 amide bonds. The number of hydrogen-bond acceptors (Lipinski definition) is 8. The summed E-state index contributed by atoms with van der Waals surface area (Å²) in [6.45, 7) is 1.83. The lowest BCUT2D eigenvalue weighted by molar-refractivity contribution is 0.0944. The molecule has 0 radical (unpaired) electrons. The maximum atomic E-state index is 12.4. The van der Waals surface area contributed by atoms with E-state index in [2.05, 4.69) is 31.1 Å². The van der Waals surface area contributed by atoms with Gasteiger partial charge in [0.1, 0.15) is 24.8 Å². The van der Waals surface area contributed by atoms with Crippen molar-refractivity contribution in [1.82, 2.24) is 20.5 Å². The number of amides is 1. The van der Waals surface area contributed by atoms with Gasteiger partial charge in [0.05, 0.1) is 5.56 Å². The van der Waals surface area contributed by atoms with Crippen LogP contribution >= 0.6 is 0 Å². The molecule has 148 valence electrons. The van der Waals surface area contributed by atoms with Crippen LogP contribution in [0.1, 0.15) is 10.4 Å². The molecule has 0 spiro atoms. The van der Waals surface area contributed by atoms with Gasteiger partial charge in [-0.3, -0.25) is 4.79 Å². The molecule has 29 heavy (non-hydrogen) atoms. The molecule has 1 aromatic carbocycles. The molecule has 1 aliphatic rings. The van der Waals surface area contributed by atoms with Crippen LogP contribution in [0.3, 0.4) is 0 Å². The Morgan fingerprint density at radius 3 is 2.59 bits per heavy atom. The molecule has 0 saturated heterocycles. The molecule has 3 heterocycles. The Labute approximate surface area is 167 Å². The summed E-state index contributed by atoms with van der Waals surface area (Å²) in [7, 11) is 0. The van der Waals surface area contributed by atoms with E-state index >= 15 is 0 Å². The highest BCUT2D eigenvalue weighted by Gasteiger charge is 2.19. The summed E-state index contributed by atoms with van der Waals surface area (Å²) in [6.07, 6.45) is 1.70. The van der Waals surface area contributed by atoms with Crippen molar-refractivity contribution in [2.24, 2.45) is 0 Å². The second kappa shape index (κ2) is 8.87. The minimum Gasteiger partial charge on any atom is -0.486 e. The average Bonchev–Trinajstić information content (AvgIpc) is 2.78. The second-order valence-electron chi connectivity index (χ2n) is 6.16. The molecule has 9 nitrogen and oxygen atoms in total. The van der Waals surface area contributed by atoms with E-state index in [4.69, 9.17) is 9.47 Å². The lowest BCUT2D eigenvalue weighted by Crippen LogP contribution is -2.30. The van der Waals surface area contributed by atoms with Gasteiger partial charge in [0.2, 0.25) is 0 Å². The zero-order valence-corrected chi connectivity index (χ0v) is 15.6. The van der Waals surface area contributed by atoms with Gasteiger partial charge in [-0.25, -0.2) is 4.98 Å². The van der Waals surface area contributed by atoms with Crippen molar-refractivity contribution in [3.8, 4) is 11.5 Å². The highest BCUT2D eigenvalue weighted by Crippen LogP contribution is 2.33. The Bertz CT molecular complexity index is 966. The Morgan fingerprint density at radius 2 is 1.76 bits per heavy atom. The van der Waals surface area contributed by atoms with Gasteiger partial charge >= 0.3 is 0 Å². The van der Waals surface area contributed by atoms with Crippen LogP contribution in [-0.4, -0.2) is 47.4 Å². The topological polar surface area (TPSA) is 110 Å². The minimum absolute atomic E-state index is 0.213. The molecule has 2 aromatic heterocycles. The van der Waals surface area contributed by atoms with Crippen LogP contribution in [0.5, 0.6) is 11.5 Å². The van der Waals surface area contributed by atoms with Gasteiger partial charge in [0, 0.05) is 19.3 Å². The van der Waals surface area contributed by atoms with E-state index in [1.807, 2.05) is 18.2 Å². The van der Waals surface area contributed by atoms with E-state index in [0.717, 1.165) is 0 Å². The Morgan fingerprint density at radius 1 is 0.897 bits per heavy atom. The number of fused-ring (bicyclic) bond motifs is 1. The fourth-order valence-electron chi connectivity index (χ4n) is 2.78. The molecule has 0 saturated carbocycles. The molecular formula is C20H20N6O3. The summed E-state index contributed by atoms with van der Waals surface area (Å²) < 4.78 is 11.1. The van der Waals surface area contributed by atoms with E-state index in [-0.39, 0.29) is 5.91 Å². The lowest BCUT2D eigenvalue weighted by atomic mass is 10.1. The van der Waals surface area contributed by atoms with Crippen LogP contribution in [0.15, 0.2) is 54.7 Å². The van der Waals surface area contributed by atoms with Crippen LogP contribution in [0.4, 0.5) is 17.5 Å². The van der Waals surface area contributed by atoms with E-state index in [1.165, 1.54) is 0 Å². The highest BCUT2D eigenvalue weighted by molar-refractivity contribution is 5.97. The first kappa shape index (κ1) is 18.5. The van der Waals surface area contributed by atoms with Crippen LogP contribution in [0.2, 0.25) is 0 Å². The summed E-state index contributed by atoms with van der Waals surface area (Å²) in [6, 6.07) is 14.5. The molecule has 1 aliphatic heterocycles. The van der Waals surface area contributed by atoms with Crippen molar-refractivity contribution in [2.45, 2.75) is 0 Å². The van der Waals surface area contributed by atoms with E-state index < -0.39 is 0 Å². The first-order valence-electron chi connectivity index (χ1n) is 9.22. The summed E-state index contributed by atoms with van der Waals surface area (Å²) in [4.78, 5) is 16.6. The molecule has 4 rings (SSSR count). The first-order chi connectivity index (χ1) is 14.3. The molecule has 0 unspecified atom stereocenters. The van der Waals surface area contributed by atoms with E-state index in [1.54, 1.807) is 36.5 Å². The van der Waals surface area contributed by atoms with Crippen LogP contribution in [0, 0.1) is 0 Å². The van der Waals surface area contributed by atoms with Crippen molar-refractivity contribution in [3.05, 3.63) is 60.3 Å². The third-order valence-corrected chi connectivity index (χ3v) is 4.11. The SMILES string of the molecule is O=C(NCCNc1ccc(Nc2ccccn2)nn1)c1cccc2c1OCCO2. The number of aromatic nitrogens is 3. The fourth-order valence-corrected chi connectivity index (χ4v) is 2.78. The maximum Gasteiger partial charge on any atom is 0.255 e. The number of ether oxygens (including phenoxy) is 2. The summed E-state index contributed by atoms with van der Waals surface area (Å²) in [5.74, 6) is 2.78. The number of hydrogen-bond donors (Lipinski definition) is 3. The maximum absolute atomic E-state index is 12.4. The first-order valence-corrected chi connectivity index (χ1v) is 9.22. The van der Waals surface area contributed by atoms with E-state index in [9.17, 15) is 4.79 Å². The molecule has 0 atom stereocenters. The number of nitrogens with zero attached hydrogens (tertiary/aromatic N) is 3. The monoisotopic (exact) mass is 392 g/mol. The Hall–Kier alpha value is -3.88. The zero-order chi connectivity index (χ0) is 19.9. The molecule has 0 bridgehead atoms. The van der Waals surface area contributed by atoms with Crippen molar-refractivity contribution in [1.29, 1.82) is 0 Å². The number of pyridine rings is 1. The summed E-state index contributed by atoms with van der Waals surface area (Å²) in [5.41, 5.74) is 0.465. The number of carbonyl (C=O) groups is 1. The second-order valence-corrected chi connectivity index (χ2v) is 6.16. The number of para-hydroxylation sites is 1. The quantitative estimate of drug-likeness (QED) is 0.525. The highest BCUT2D eigenvalue weighted by atomic mass is 16.6. The number of carbonyl (C=O) groups excluding carboxylic acids is 1. The average molecular weight is 392 g/mol. The summed E-state index contributed by atoms with van der Waals surface area (Å²) >= 11 is 0. The van der Waals surface area contributed by atoms with E-state index in [0.29, 0.717) is 60.8 Å². The molecule has 0 aliphatic carbocycles. The van der Waals surface area contributed by atoms with Crippen molar-refractivity contribution in [3.63, 3.8) is 0 Å². The number of anilines is 3. The number of rotatable bonds is 7. The van der Waals surface area contributed by atoms with Crippen LogP contribution in [-0.2, 0) is 0 Å². The molecule has 3 aromatic rings. The standard InChI is InChI=1S/C20H20N6O3/c27-20(14-4-3-5-15-19(14)29-13-12-28-15)23-11-10-22-17-7-8-18(26-25-17)24-16-6-1-2-9-21-16/h1-9H,10-13H2,(H,22,25)(H,23,27)(H,21,24,26). The molecule has 9 heteroatoms. The normalized spacial score (nSPS) is 12.1. The molecule has 0 fully saturated rings. The van der Waals surface area contributed by atoms with Gasteiger partial charge < -0.3 is 25.4 Å². The zero-order valence-electron chi connectivity index (χ0n) is 15.6. The van der Waals surface area contributed by atoms with Gasteiger partial charge in [-0.15, -0.1) is 10.2 Å². The van der Waals surface area contributed by atoms with Crippen molar-refractivity contribution in [2.75, 3.05) is 36.9 Å². The predicted molar refractivity (Wildman–Crippen MR) is 108 cm³/mol. The van der Waals surface area contributed by atoms with Crippen molar-refractivity contribution < 1.29 is 14.3 Å². The third kappa shape index (κ3) is 4.70. The van der Waals surface area contributed by atoms with Crippen LogP contribution < -0.4 is 25.4 Å². The predicted octanol–water partition coefficient (Wildman–Crippen LogP) is 2.23. The van der Waals surface area contributed by atoms with Gasteiger partial charge in [-0.05, 0) is 36.4 Å². The summed E-state index contributed by atoms with van der Waals surface area (Å²) in [5, 5.41) is 17.2. The smallest absolute Gasteiger partial charge is 0.255 e. The molecule has 3 N–H and O–H groups in total. The number of benzene rings is 1. The lowest BCUT2D eigenvalue weighted by Gasteiger charge is -2.20. The van der Waals surface area contributed by atoms with Crippen LogP contribution in [0.25, 0.3) is 0 Å². The van der Waals surface area contributed by atoms with Gasteiger partial charge in [-0.1, -0.05) is 12.1 Å². The Kier molecular flexibility index (Phi) is 5.65. The Balaban J connectivity index is 1.25. The van der Waals surface area contributed by atoms with Crippen molar-refractivity contribution >= 4 is 23.4 Å². The van der Waals surface area contributed by atoms with Gasteiger partial charge in [0.25, 0.3) is 5.91 Å². The van der Waals surface area contributed by atoms with Gasteiger partial charge in [-0.2, -0.15) is 0 Å². The minimum atomic E-state index is -0.213. The molecular weight excluding hydrogens is 372 g/mol. The van der Waals surface area contributed by atoms with Gasteiger partial charge in [0.15, 0.2) is 17.3 Å². The largest absolute Gasteiger partial charge is 0.486 e. The number of nitrogens with one attached hydrogen (secondary N) is 3. The fraction of sp³-hybridized carbons (Fsp3) is 0.200. The third-order valence-electron chi connectivity index (χ3n) is 4.11.